The molecule has 4 aromatic rings. The Bertz CT molecular complexity index is 1660. The highest BCUT2D eigenvalue weighted by atomic mass is 79.9. The molecule has 0 saturated heterocycles. The summed E-state index contributed by atoms with van der Waals surface area (Å²) in [7, 11) is 0. The summed E-state index contributed by atoms with van der Waals surface area (Å²) in [6, 6.07) is 31.3. The molecule has 42 heavy (non-hydrogen) atoms. The molecule has 1 aliphatic rings. The van der Waals surface area contributed by atoms with E-state index in [1.165, 1.54) is 0 Å². The predicted octanol–water partition coefficient (Wildman–Crippen LogP) is 10.1. The van der Waals surface area contributed by atoms with Crippen LogP contribution in [0.2, 0.25) is 0 Å². The minimum atomic E-state index is -0.341. The molecule has 1 aliphatic heterocycles. The maximum Gasteiger partial charge on any atom is 0.340 e. The van der Waals surface area contributed by atoms with E-state index >= 15 is 0 Å². The number of thioether (sulfide) groups is 2. The highest BCUT2D eigenvalue weighted by Gasteiger charge is 2.26. The summed E-state index contributed by atoms with van der Waals surface area (Å²) >= 11 is 10.4. The van der Waals surface area contributed by atoms with Crippen molar-refractivity contribution in [2.45, 2.75) is 34.8 Å². The van der Waals surface area contributed by atoms with Gasteiger partial charge in [0, 0.05) is 42.0 Å². The van der Waals surface area contributed by atoms with E-state index in [4.69, 9.17) is 9.47 Å². The second-order valence-electron chi connectivity index (χ2n) is 9.54. The average molecular weight is 723 g/mol. The smallest absolute Gasteiger partial charge is 0.340 e. The number of hydrogen-bond acceptors (Lipinski definition) is 6. The van der Waals surface area contributed by atoms with Crippen molar-refractivity contribution in [1.82, 2.24) is 0 Å². The van der Waals surface area contributed by atoms with Crippen LogP contribution < -0.4 is 9.47 Å². The zero-order valence-corrected chi connectivity index (χ0v) is 27.4. The van der Waals surface area contributed by atoms with Crippen LogP contribution in [-0.2, 0) is 16.0 Å². The number of allylic oxidation sites excluding steroid dienone is 2. The predicted molar refractivity (Wildman–Crippen MR) is 177 cm³/mol. The van der Waals surface area contributed by atoms with Gasteiger partial charge in [0.2, 0.25) is 0 Å². The summed E-state index contributed by atoms with van der Waals surface area (Å²) < 4.78 is 13.2. The first-order valence-corrected chi connectivity index (χ1v) is 16.4. The van der Waals surface area contributed by atoms with Gasteiger partial charge in [-0.15, -0.1) is 11.8 Å². The van der Waals surface area contributed by atoms with Gasteiger partial charge in [-0.2, -0.15) is 0 Å². The van der Waals surface area contributed by atoms with Gasteiger partial charge in [-0.1, -0.05) is 87.9 Å². The fourth-order valence-electron chi connectivity index (χ4n) is 4.55. The fraction of sp³-hybridized carbons (Fsp3) is 0.118. The second-order valence-corrected chi connectivity index (χ2v) is 13.7. The van der Waals surface area contributed by atoms with E-state index in [0.29, 0.717) is 36.4 Å². The quantitative estimate of drug-likeness (QED) is 0.0534. The minimum Gasteiger partial charge on any atom is -0.428 e. The Labute approximate surface area is 270 Å². The molecule has 0 aliphatic carbocycles. The van der Waals surface area contributed by atoms with Gasteiger partial charge in [0.1, 0.15) is 11.5 Å². The van der Waals surface area contributed by atoms with Gasteiger partial charge in [0.05, 0.1) is 10.8 Å². The zero-order chi connectivity index (χ0) is 29.5. The van der Waals surface area contributed by atoms with E-state index in [9.17, 15) is 9.59 Å². The molecule has 0 N–H and O–H groups in total. The van der Waals surface area contributed by atoms with Crippen LogP contribution in [0.3, 0.4) is 0 Å². The first kappa shape index (κ1) is 30.4. The first-order chi connectivity index (χ1) is 20.4. The fourth-order valence-corrected chi connectivity index (χ4v) is 7.68. The molecule has 8 heteroatoms. The maximum atomic E-state index is 13.6. The van der Waals surface area contributed by atoms with Crippen LogP contribution in [0.4, 0.5) is 0 Å². The third-order valence-electron chi connectivity index (χ3n) is 6.55. The number of benzene rings is 4. The number of esters is 1. The Morgan fingerprint density at radius 1 is 0.952 bits per heavy atom. The van der Waals surface area contributed by atoms with Crippen molar-refractivity contribution in [1.29, 1.82) is 0 Å². The number of hydrogen-bond donors (Lipinski definition) is 0. The molecular formula is C34H26Br2O4S2. The van der Waals surface area contributed by atoms with Crippen molar-refractivity contribution in [3.05, 3.63) is 139 Å². The molecular weight excluding hydrogens is 696 g/mol. The number of halogens is 2. The monoisotopic (exact) mass is 720 g/mol. The van der Waals surface area contributed by atoms with E-state index in [1.54, 1.807) is 29.6 Å². The SMILES string of the molecule is CC(=CC(Sc1ccccc1Br)c1ccccc1OC=O)CC1=C(Sc2ccc(Br)cc2)Cc2ccccc2OC1=O. The lowest BCUT2D eigenvalue weighted by Gasteiger charge is -2.19. The van der Waals surface area contributed by atoms with Crippen LogP contribution >= 0.6 is 55.4 Å². The maximum absolute atomic E-state index is 13.6. The van der Waals surface area contributed by atoms with E-state index < -0.39 is 0 Å². The second kappa shape index (κ2) is 14.4. The Hall–Kier alpha value is -3.04. The molecule has 0 bridgehead atoms. The van der Waals surface area contributed by atoms with E-state index in [2.05, 4.69) is 37.9 Å². The molecule has 0 radical (unpaired) electrons. The summed E-state index contributed by atoms with van der Waals surface area (Å²) in [4.78, 5) is 27.9. The van der Waals surface area contributed by atoms with Gasteiger partial charge in [-0.3, -0.25) is 4.79 Å². The molecule has 0 spiro atoms. The van der Waals surface area contributed by atoms with E-state index in [0.717, 1.165) is 40.3 Å². The van der Waals surface area contributed by atoms with Crippen LogP contribution in [0.15, 0.2) is 138 Å². The summed E-state index contributed by atoms with van der Waals surface area (Å²) in [6.07, 6.45) is 3.14. The Morgan fingerprint density at radius 2 is 1.67 bits per heavy atom. The number of rotatable bonds is 10. The van der Waals surface area contributed by atoms with Crippen LogP contribution in [0.5, 0.6) is 11.5 Å². The lowest BCUT2D eigenvalue weighted by Crippen LogP contribution is -2.12. The van der Waals surface area contributed by atoms with Crippen LogP contribution in [0.1, 0.15) is 29.7 Å². The van der Waals surface area contributed by atoms with Gasteiger partial charge in [0.25, 0.3) is 6.47 Å². The molecule has 0 aromatic heterocycles. The molecule has 0 amide bonds. The highest BCUT2D eigenvalue weighted by molar-refractivity contribution is 9.10. The van der Waals surface area contributed by atoms with Crippen molar-refractivity contribution in [3.8, 4) is 11.5 Å². The zero-order valence-electron chi connectivity index (χ0n) is 22.6. The normalized spacial score (nSPS) is 14.1. The van der Waals surface area contributed by atoms with Crippen molar-refractivity contribution < 1.29 is 19.1 Å². The summed E-state index contributed by atoms with van der Waals surface area (Å²) in [5, 5.41) is -0.193. The number of para-hydroxylation sites is 2. The lowest BCUT2D eigenvalue weighted by atomic mass is 10.0. The molecule has 212 valence electrons. The Kier molecular flexibility index (Phi) is 10.4. The molecule has 5 rings (SSSR count). The van der Waals surface area contributed by atoms with Crippen LogP contribution in [0, 0.1) is 0 Å². The van der Waals surface area contributed by atoms with Gasteiger partial charge in [-0.05, 0) is 76.9 Å². The standard InChI is InChI=1S/C34H26Br2O4S2/c1-22(19-32(42-31-13-7-4-10-28(31)36)26-9-3-6-12-30(26)39-21-37)18-27-33(41-25-16-14-24(35)15-17-25)20-23-8-2-5-11-29(23)40-34(27)38/h2-17,19,21,32H,18,20H2,1H3. The van der Waals surface area contributed by atoms with E-state index in [-0.39, 0.29) is 11.2 Å². The van der Waals surface area contributed by atoms with Crippen molar-refractivity contribution >= 4 is 67.8 Å². The summed E-state index contributed by atoms with van der Waals surface area (Å²) in [5.74, 6) is 0.749. The van der Waals surface area contributed by atoms with Crippen molar-refractivity contribution in [2.75, 3.05) is 0 Å². The number of carbonyl (C=O) groups excluding carboxylic acids is 2. The third-order valence-corrected chi connectivity index (χ3v) is 10.4. The first-order valence-electron chi connectivity index (χ1n) is 13.1. The topological polar surface area (TPSA) is 52.6 Å². The van der Waals surface area contributed by atoms with Crippen molar-refractivity contribution in [2.24, 2.45) is 0 Å². The van der Waals surface area contributed by atoms with Crippen molar-refractivity contribution in [3.63, 3.8) is 0 Å². The minimum absolute atomic E-state index is 0.193. The molecule has 1 heterocycles. The lowest BCUT2D eigenvalue weighted by molar-refractivity contribution is -0.130. The van der Waals surface area contributed by atoms with E-state index in [1.807, 2.05) is 97.9 Å². The molecule has 1 unspecified atom stereocenters. The summed E-state index contributed by atoms with van der Waals surface area (Å²) in [5.41, 5.74) is 3.46. The van der Waals surface area contributed by atoms with Gasteiger partial charge < -0.3 is 9.47 Å². The Balaban J connectivity index is 1.54. The molecule has 0 fully saturated rings. The number of ether oxygens (including phenoxy) is 2. The number of carbonyl (C=O) groups is 2. The van der Waals surface area contributed by atoms with Gasteiger partial charge in [-0.25, -0.2) is 4.79 Å². The largest absolute Gasteiger partial charge is 0.428 e. The van der Waals surface area contributed by atoms with Gasteiger partial charge in [0.15, 0.2) is 0 Å². The molecule has 4 nitrogen and oxygen atoms in total. The van der Waals surface area contributed by atoms with Crippen LogP contribution in [0.25, 0.3) is 0 Å². The highest BCUT2D eigenvalue weighted by Crippen LogP contribution is 2.44. The molecule has 4 aromatic carbocycles. The number of fused-ring (bicyclic) bond motifs is 1. The third kappa shape index (κ3) is 7.67. The molecule has 0 saturated carbocycles. The average Bonchev–Trinajstić information content (AvgIpc) is 3.11. The van der Waals surface area contributed by atoms with Gasteiger partial charge >= 0.3 is 5.97 Å². The summed E-state index contributed by atoms with van der Waals surface area (Å²) in [6.45, 7) is 2.47. The van der Waals surface area contributed by atoms with Crippen LogP contribution in [-0.4, -0.2) is 12.4 Å². The Morgan fingerprint density at radius 3 is 2.45 bits per heavy atom. The molecule has 1 atom stereocenters.